The molecule has 2 N–H and O–H groups in total. The Labute approximate surface area is 62.9 Å². The Morgan fingerprint density at radius 3 is 1.90 bits per heavy atom. The van der Waals surface area contributed by atoms with Gasteiger partial charge in [0.15, 0.2) is 0 Å². The zero-order chi connectivity index (χ0) is 8.15. The molecule has 0 heterocycles. The van der Waals surface area contributed by atoms with Crippen LogP contribution in [0.3, 0.4) is 0 Å². The molecule has 0 aliphatic heterocycles. The van der Waals surface area contributed by atoms with Crippen LogP contribution >= 0.6 is 0 Å². The molecule has 0 aliphatic carbocycles. The molecule has 10 heavy (non-hydrogen) atoms. The van der Waals surface area contributed by atoms with Crippen LogP contribution in [0.5, 0.6) is 0 Å². The van der Waals surface area contributed by atoms with Crippen molar-refractivity contribution in [1.29, 1.82) is 0 Å². The number of hydrogen-bond donors (Lipinski definition) is 2. The van der Waals surface area contributed by atoms with E-state index in [1.165, 1.54) is 0 Å². The van der Waals surface area contributed by atoms with Crippen molar-refractivity contribution in [3.05, 3.63) is 0 Å². The lowest BCUT2D eigenvalue weighted by molar-refractivity contribution is 0.0393. The molecule has 0 aromatic heterocycles. The van der Waals surface area contributed by atoms with Gasteiger partial charge in [0.25, 0.3) is 0 Å². The van der Waals surface area contributed by atoms with Crippen molar-refractivity contribution in [2.75, 3.05) is 6.61 Å². The fourth-order valence-electron chi connectivity index (χ4n) is 1.08. The van der Waals surface area contributed by atoms with E-state index in [2.05, 4.69) is 0 Å². The van der Waals surface area contributed by atoms with Crippen LogP contribution in [0.2, 0.25) is 0 Å². The van der Waals surface area contributed by atoms with Crippen molar-refractivity contribution >= 4 is 0 Å². The summed E-state index contributed by atoms with van der Waals surface area (Å²) in [7, 11) is 0. The maximum atomic E-state index is 9.33. The molecular formula is C8H18O2. The minimum absolute atomic E-state index is 0.0463. The second-order valence-electron chi connectivity index (χ2n) is 3.07. The highest BCUT2D eigenvalue weighted by Crippen LogP contribution is 2.16. The first-order valence-electron chi connectivity index (χ1n) is 3.92. The average molecular weight is 146 g/mol. The van der Waals surface area contributed by atoms with Gasteiger partial charge in [-0.25, -0.2) is 0 Å². The zero-order valence-corrected chi connectivity index (χ0v) is 7.04. The molecule has 2 nitrogen and oxygen atoms in total. The van der Waals surface area contributed by atoms with Gasteiger partial charge >= 0.3 is 0 Å². The molecular weight excluding hydrogens is 128 g/mol. The van der Waals surface area contributed by atoms with E-state index in [1.54, 1.807) is 0 Å². The van der Waals surface area contributed by atoms with E-state index in [4.69, 9.17) is 5.11 Å². The quantitative estimate of drug-likeness (QED) is 0.621. The summed E-state index contributed by atoms with van der Waals surface area (Å²) in [5, 5.41) is 18.2. The molecule has 0 saturated heterocycles. The normalized spacial score (nSPS) is 17.4. The maximum Gasteiger partial charge on any atom is 0.0590 e. The molecule has 0 fully saturated rings. The van der Waals surface area contributed by atoms with Crippen LogP contribution in [0.25, 0.3) is 0 Å². The molecule has 0 spiro atoms. The summed E-state index contributed by atoms with van der Waals surface area (Å²) in [5.41, 5.74) is 0. The van der Waals surface area contributed by atoms with Crippen molar-refractivity contribution in [2.45, 2.75) is 33.3 Å². The van der Waals surface area contributed by atoms with Crippen LogP contribution in [-0.2, 0) is 0 Å². The SMILES string of the molecule is CC[C@H](O)[C@@H](CO)C(C)C. The van der Waals surface area contributed by atoms with Crippen LogP contribution in [0, 0.1) is 11.8 Å². The molecule has 0 amide bonds. The lowest BCUT2D eigenvalue weighted by Crippen LogP contribution is -2.27. The molecule has 0 rings (SSSR count). The van der Waals surface area contributed by atoms with Crippen LogP contribution < -0.4 is 0 Å². The van der Waals surface area contributed by atoms with Crippen molar-refractivity contribution < 1.29 is 10.2 Å². The summed E-state index contributed by atoms with van der Waals surface area (Å²) in [6.07, 6.45) is 0.383. The van der Waals surface area contributed by atoms with Gasteiger partial charge in [-0.1, -0.05) is 20.8 Å². The van der Waals surface area contributed by atoms with Crippen LogP contribution in [-0.4, -0.2) is 22.9 Å². The summed E-state index contributed by atoms with van der Waals surface area (Å²) in [4.78, 5) is 0. The molecule has 0 bridgehead atoms. The monoisotopic (exact) mass is 146 g/mol. The van der Waals surface area contributed by atoms with E-state index in [0.29, 0.717) is 5.92 Å². The molecule has 0 unspecified atom stereocenters. The second-order valence-corrected chi connectivity index (χ2v) is 3.07. The number of aliphatic hydroxyl groups is 2. The van der Waals surface area contributed by atoms with Gasteiger partial charge < -0.3 is 10.2 Å². The van der Waals surface area contributed by atoms with Crippen LogP contribution in [0.15, 0.2) is 0 Å². The maximum absolute atomic E-state index is 9.33. The molecule has 0 saturated carbocycles. The lowest BCUT2D eigenvalue weighted by atomic mass is 9.90. The van der Waals surface area contributed by atoms with E-state index in [0.717, 1.165) is 6.42 Å². The van der Waals surface area contributed by atoms with Gasteiger partial charge in [-0.3, -0.25) is 0 Å². The highest BCUT2D eigenvalue weighted by molar-refractivity contribution is 4.69. The van der Waals surface area contributed by atoms with Gasteiger partial charge in [-0.05, 0) is 12.3 Å². The van der Waals surface area contributed by atoms with Gasteiger partial charge in [0.1, 0.15) is 0 Å². The van der Waals surface area contributed by atoms with E-state index >= 15 is 0 Å². The third-order valence-corrected chi connectivity index (χ3v) is 1.98. The Morgan fingerprint density at radius 2 is 1.80 bits per heavy atom. The Morgan fingerprint density at radius 1 is 1.30 bits per heavy atom. The lowest BCUT2D eigenvalue weighted by Gasteiger charge is -2.22. The number of rotatable bonds is 4. The predicted octanol–water partition coefficient (Wildman–Crippen LogP) is 1.02. The standard InChI is InChI=1S/C8H18O2/c1-4-8(10)7(5-9)6(2)3/h6-10H,4-5H2,1-3H3/t7-,8-/m0/s1. The highest BCUT2D eigenvalue weighted by Gasteiger charge is 2.19. The first-order chi connectivity index (χ1) is 4.63. The minimum Gasteiger partial charge on any atom is -0.396 e. The van der Waals surface area contributed by atoms with Gasteiger partial charge in [0.2, 0.25) is 0 Å². The van der Waals surface area contributed by atoms with E-state index < -0.39 is 0 Å². The minimum atomic E-state index is -0.343. The van der Waals surface area contributed by atoms with Gasteiger partial charge in [-0.15, -0.1) is 0 Å². The highest BCUT2D eigenvalue weighted by atomic mass is 16.3. The summed E-state index contributed by atoms with van der Waals surface area (Å²) in [6, 6.07) is 0. The van der Waals surface area contributed by atoms with Gasteiger partial charge in [-0.2, -0.15) is 0 Å². The third-order valence-electron chi connectivity index (χ3n) is 1.98. The molecule has 0 aliphatic rings. The first-order valence-corrected chi connectivity index (χ1v) is 3.92. The molecule has 0 aromatic carbocycles. The fourth-order valence-corrected chi connectivity index (χ4v) is 1.08. The first kappa shape index (κ1) is 9.92. The Balaban J connectivity index is 3.80. The molecule has 0 aromatic rings. The largest absolute Gasteiger partial charge is 0.396 e. The Hall–Kier alpha value is -0.0800. The second kappa shape index (κ2) is 4.69. The van der Waals surface area contributed by atoms with E-state index in [9.17, 15) is 5.11 Å². The third kappa shape index (κ3) is 2.67. The summed E-state index contributed by atoms with van der Waals surface area (Å²) < 4.78 is 0. The summed E-state index contributed by atoms with van der Waals surface area (Å²) >= 11 is 0. The van der Waals surface area contributed by atoms with Gasteiger partial charge in [0, 0.05) is 12.5 Å². The average Bonchev–Trinajstić information content (AvgIpc) is 1.88. The number of aliphatic hydroxyl groups excluding tert-OH is 2. The smallest absolute Gasteiger partial charge is 0.0590 e. The topological polar surface area (TPSA) is 40.5 Å². The molecule has 0 radical (unpaired) electrons. The van der Waals surface area contributed by atoms with Crippen LogP contribution in [0.4, 0.5) is 0 Å². The van der Waals surface area contributed by atoms with Crippen molar-refractivity contribution in [3.8, 4) is 0 Å². The molecule has 62 valence electrons. The number of hydrogen-bond acceptors (Lipinski definition) is 2. The summed E-state index contributed by atoms with van der Waals surface area (Å²) in [5.74, 6) is 0.407. The Bertz CT molecular complexity index is 81.3. The van der Waals surface area contributed by atoms with Crippen molar-refractivity contribution in [2.24, 2.45) is 11.8 Å². The van der Waals surface area contributed by atoms with Crippen LogP contribution in [0.1, 0.15) is 27.2 Å². The van der Waals surface area contributed by atoms with E-state index in [1.807, 2.05) is 20.8 Å². The fraction of sp³-hybridized carbons (Fsp3) is 1.00. The summed E-state index contributed by atoms with van der Waals surface area (Å²) in [6.45, 7) is 6.04. The van der Waals surface area contributed by atoms with Gasteiger partial charge in [0.05, 0.1) is 6.10 Å². The molecule has 2 atom stereocenters. The predicted molar refractivity (Wildman–Crippen MR) is 41.7 cm³/mol. The molecule has 2 heteroatoms. The zero-order valence-electron chi connectivity index (χ0n) is 7.04. The van der Waals surface area contributed by atoms with Crippen molar-refractivity contribution in [1.82, 2.24) is 0 Å². The van der Waals surface area contributed by atoms with Crippen molar-refractivity contribution in [3.63, 3.8) is 0 Å². The Kier molecular flexibility index (Phi) is 4.65. The van der Waals surface area contributed by atoms with E-state index in [-0.39, 0.29) is 18.6 Å².